The van der Waals surface area contributed by atoms with Gasteiger partial charge in [0.15, 0.2) is 0 Å². The smallest absolute Gasteiger partial charge is 0.322 e. The lowest BCUT2D eigenvalue weighted by molar-refractivity contribution is -0.137. The molecule has 2 heterocycles. The molecule has 0 unspecified atom stereocenters. The molecule has 2 aromatic heterocycles. The summed E-state index contributed by atoms with van der Waals surface area (Å²) in [5.74, 6) is -2.12. The Hall–Kier alpha value is -4.12. The van der Waals surface area contributed by atoms with Crippen LogP contribution in [0.4, 0.5) is 28.9 Å². The van der Waals surface area contributed by atoms with Gasteiger partial charge in [-0.3, -0.25) is 14.6 Å². The Labute approximate surface area is 207 Å². The fourth-order valence-electron chi connectivity index (χ4n) is 3.32. The molecule has 4 aromatic rings. The summed E-state index contributed by atoms with van der Waals surface area (Å²) in [5, 5.41) is 5.49. The second-order valence-corrected chi connectivity index (χ2v) is 8.99. The minimum absolute atomic E-state index is 0.0604. The monoisotopic (exact) mass is 514 g/mol. The van der Waals surface area contributed by atoms with Gasteiger partial charge >= 0.3 is 6.18 Å². The molecular weight excluding hydrogens is 496 g/mol. The van der Waals surface area contributed by atoms with Gasteiger partial charge in [-0.15, -0.1) is 11.3 Å². The van der Waals surface area contributed by atoms with E-state index in [1.807, 2.05) is 0 Å². The van der Waals surface area contributed by atoms with Crippen LogP contribution in [-0.4, -0.2) is 21.8 Å². The molecule has 0 saturated heterocycles. The Balaban J connectivity index is 1.47. The van der Waals surface area contributed by atoms with Crippen molar-refractivity contribution < 1.29 is 27.2 Å². The highest BCUT2D eigenvalue weighted by molar-refractivity contribution is 7.15. The van der Waals surface area contributed by atoms with Crippen molar-refractivity contribution in [3.8, 4) is 10.6 Å². The van der Waals surface area contributed by atoms with Gasteiger partial charge in [0.25, 0.3) is 11.8 Å². The zero-order chi connectivity index (χ0) is 26.0. The van der Waals surface area contributed by atoms with Crippen LogP contribution < -0.4 is 10.6 Å². The summed E-state index contributed by atoms with van der Waals surface area (Å²) < 4.78 is 53.0. The van der Waals surface area contributed by atoms with E-state index in [1.54, 1.807) is 26.0 Å². The van der Waals surface area contributed by atoms with E-state index in [1.165, 1.54) is 30.5 Å². The Morgan fingerprint density at radius 2 is 1.56 bits per heavy atom. The maximum Gasteiger partial charge on any atom is 0.416 e. The lowest BCUT2D eigenvalue weighted by Gasteiger charge is -2.09. The number of halogens is 4. The van der Waals surface area contributed by atoms with Crippen molar-refractivity contribution in [2.45, 2.75) is 20.0 Å². The third kappa shape index (κ3) is 5.57. The van der Waals surface area contributed by atoms with Crippen LogP contribution in [-0.2, 0) is 6.18 Å². The maximum atomic E-state index is 14.6. The van der Waals surface area contributed by atoms with Crippen LogP contribution >= 0.6 is 11.3 Å². The summed E-state index contributed by atoms with van der Waals surface area (Å²) in [4.78, 5) is 34.0. The maximum absolute atomic E-state index is 14.6. The molecule has 2 aromatic carbocycles. The van der Waals surface area contributed by atoms with E-state index in [0.29, 0.717) is 26.8 Å². The van der Waals surface area contributed by atoms with Crippen LogP contribution in [0.15, 0.2) is 60.8 Å². The number of aryl methyl sites for hydroxylation is 2. The number of aromatic nitrogens is 2. The Morgan fingerprint density at radius 3 is 2.19 bits per heavy atom. The predicted molar refractivity (Wildman–Crippen MR) is 129 cm³/mol. The number of hydrogen-bond acceptors (Lipinski definition) is 5. The molecule has 0 aliphatic carbocycles. The van der Waals surface area contributed by atoms with Gasteiger partial charge < -0.3 is 10.6 Å². The van der Waals surface area contributed by atoms with Gasteiger partial charge in [0.05, 0.1) is 11.1 Å². The molecule has 11 heteroatoms. The zero-order valence-corrected chi connectivity index (χ0v) is 19.7. The average molecular weight is 515 g/mol. The van der Waals surface area contributed by atoms with Gasteiger partial charge in [-0.2, -0.15) is 13.2 Å². The van der Waals surface area contributed by atoms with Crippen LogP contribution in [0.3, 0.4) is 0 Å². The highest BCUT2D eigenvalue weighted by atomic mass is 32.1. The van der Waals surface area contributed by atoms with Crippen molar-refractivity contribution in [2.75, 3.05) is 10.6 Å². The largest absolute Gasteiger partial charge is 0.416 e. The molecule has 2 amide bonds. The second kappa shape index (κ2) is 9.86. The topological polar surface area (TPSA) is 84.0 Å². The number of amides is 2. The summed E-state index contributed by atoms with van der Waals surface area (Å²) in [7, 11) is 0. The molecule has 36 heavy (non-hydrogen) atoms. The van der Waals surface area contributed by atoms with Gasteiger partial charge in [0, 0.05) is 33.7 Å². The minimum atomic E-state index is -4.45. The number of carbonyl (C=O) groups excluding carboxylic acids is 2. The van der Waals surface area contributed by atoms with Crippen molar-refractivity contribution in [1.82, 2.24) is 9.97 Å². The number of thiazole rings is 1. The first-order valence-electron chi connectivity index (χ1n) is 10.5. The van der Waals surface area contributed by atoms with Crippen molar-refractivity contribution in [1.29, 1.82) is 0 Å². The highest BCUT2D eigenvalue weighted by Crippen LogP contribution is 2.33. The number of rotatable bonds is 5. The third-order valence-electron chi connectivity index (χ3n) is 5.10. The summed E-state index contributed by atoms with van der Waals surface area (Å²) in [6.45, 7) is 3.40. The molecule has 4 rings (SSSR count). The van der Waals surface area contributed by atoms with Crippen molar-refractivity contribution in [3.63, 3.8) is 0 Å². The highest BCUT2D eigenvalue weighted by Gasteiger charge is 2.30. The number of nitrogens with one attached hydrogen (secondary N) is 2. The van der Waals surface area contributed by atoms with E-state index in [9.17, 15) is 27.2 Å². The lowest BCUT2D eigenvalue weighted by atomic mass is 10.1. The van der Waals surface area contributed by atoms with Gasteiger partial charge in [0.2, 0.25) is 0 Å². The van der Waals surface area contributed by atoms with Crippen LogP contribution in [0, 0.1) is 19.7 Å². The molecule has 0 radical (unpaired) electrons. The van der Waals surface area contributed by atoms with E-state index in [4.69, 9.17) is 0 Å². The van der Waals surface area contributed by atoms with E-state index >= 15 is 0 Å². The molecule has 0 aliphatic rings. The third-order valence-corrected chi connectivity index (χ3v) is 6.12. The Morgan fingerprint density at radius 1 is 0.889 bits per heavy atom. The predicted octanol–water partition coefficient (Wildman–Crippen LogP) is 6.48. The number of carbonyl (C=O) groups is 2. The van der Waals surface area contributed by atoms with Crippen molar-refractivity contribution >= 4 is 34.5 Å². The van der Waals surface area contributed by atoms with Gasteiger partial charge in [0.1, 0.15) is 16.5 Å². The zero-order valence-electron chi connectivity index (χ0n) is 18.9. The van der Waals surface area contributed by atoms with Gasteiger partial charge in [-0.1, -0.05) is 12.1 Å². The number of hydrogen-bond donors (Lipinski definition) is 2. The van der Waals surface area contributed by atoms with Crippen LogP contribution in [0.2, 0.25) is 0 Å². The molecular formula is C25H18F4N4O2S. The van der Waals surface area contributed by atoms with Crippen LogP contribution in [0.25, 0.3) is 10.6 Å². The summed E-state index contributed by atoms with van der Waals surface area (Å²) in [6.07, 6.45) is -2.94. The second-order valence-electron chi connectivity index (χ2n) is 7.79. The number of nitrogens with zero attached hydrogens (tertiary/aromatic N) is 2. The number of pyridine rings is 1. The summed E-state index contributed by atoms with van der Waals surface area (Å²) in [6, 6.07) is 11.3. The molecule has 0 aliphatic heterocycles. The van der Waals surface area contributed by atoms with Crippen molar-refractivity contribution in [2.24, 2.45) is 0 Å². The van der Waals surface area contributed by atoms with E-state index < -0.39 is 29.4 Å². The number of benzene rings is 2. The van der Waals surface area contributed by atoms with E-state index in [2.05, 4.69) is 20.6 Å². The molecule has 0 spiro atoms. The quantitative estimate of drug-likeness (QED) is 0.299. The Bertz CT molecular complexity index is 1450. The van der Waals surface area contributed by atoms with Gasteiger partial charge in [-0.25, -0.2) is 9.37 Å². The molecule has 0 saturated carbocycles. The number of alkyl halides is 3. The van der Waals surface area contributed by atoms with Crippen molar-refractivity contribution in [3.05, 3.63) is 94.0 Å². The normalized spacial score (nSPS) is 11.3. The first-order valence-corrected chi connectivity index (χ1v) is 11.3. The van der Waals surface area contributed by atoms with Crippen LogP contribution in [0.1, 0.15) is 37.0 Å². The standard InChI is InChI=1S/C25H18F4N4O2S/c1-13-11-18(9-10-30-13)31-22(34)19-8-7-17(12-20(19)26)32-23(35)21-14(2)36-24(33-21)15-3-5-16(6-4-15)25(27,28)29/h3-12H,1-2H3,(H,32,35)(H,30,31,34). The minimum Gasteiger partial charge on any atom is -0.322 e. The number of anilines is 2. The van der Waals surface area contributed by atoms with E-state index in [0.717, 1.165) is 29.5 Å². The molecule has 0 atom stereocenters. The fraction of sp³-hybridized carbons (Fsp3) is 0.120. The first kappa shape index (κ1) is 25.0. The van der Waals surface area contributed by atoms with Gasteiger partial charge in [-0.05, 0) is 56.3 Å². The Kier molecular flexibility index (Phi) is 6.84. The molecule has 0 fully saturated rings. The molecule has 2 N–H and O–H groups in total. The summed E-state index contributed by atoms with van der Waals surface area (Å²) >= 11 is 1.15. The first-order chi connectivity index (χ1) is 17.0. The van der Waals surface area contributed by atoms with Crippen LogP contribution in [0.5, 0.6) is 0 Å². The lowest BCUT2D eigenvalue weighted by Crippen LogP contribution is -2.16. The molecule has 184 valence electrons. The van der Waals surface area contributed by atoms with E-state index in [-0.39, 0.29) is 16.9 Å². The summed E-state index contributed by atoms with van der Waals surface area (Å²) in [5.41, 5.74) is 0.755. The fourth-order valence-corrected chi connectivity index (χ4v) is 4.24. The SMILES string of the molecule is Cc1cc(NC(=O)c2ccc(NC(=O)c3nc(-c4ccc(C(F)(F)F)cc4)sc3C)cc2F)ccn1. The average Bonchev–Trinajstić information content (AvgIpc) is 3.20. The molecule has 0 bridgehead atoms. The molecule has 6 nitrogen and oxygen atoms in total.